The van der Waals surface area contributed by atoms with Gasteiger partial charge in [-0.05, 0) is 67.3 Å². The highest BCUT2D eigenvalue weighted by atomic mass is 32.2. The monoisotopic (exact) mass is 713 g/mol. The second kappa shape index (κ2) is 17.3. The van der Waals surface area contributed by atoms with E-state index >= 15 is 0 Å². The number of nitrogens with zero attached hydrogens (tertiary/aromatic N) is 2. The molecular weight excluding hydrogens is 667 g/mol. The van der Waals surface area contributed by atoms with Crippen LogP contribution in [-0.4, -0.2) is 65.1 Å². The number of aryl methyl sites for hydroxylation is 1. The first-order chi connectivity index (χ1) is 24.6. The van der Waals surface area contributed by atoms with Gasteiger partial charge in [0, 0.05) is 25.1 Å². The maximum absolute atomic E-state index is 14.9. The van der Waals surface area contributed by atoms with Crippen molar-refractivity contribution in [1.29, 1.82) is 0 Å². The number of carbonyl (C=O) groups excluding carboxylic acids is 2. The van der Waals surface area contributed by atoms with Gasteiger partial charge in [0.15, 0.2) is 0 Å². The lowest BCUT2D eigenvalue weighted by Gasteiger charge is -2.35. The minimum Gasteiger partial charge on any atom is -0.497 e. The predicted octanol–water partition coefficient (Wildman–Crippen LogP) is 6.31. The minimum atomic E-state index is -4.34. The zero-order chi connectivity index (χ0) is 36.4. The van der Waals surface area contributed by atoms with Crippen LogP contribution in [0.1, 0.15) is 48.8 Å². The largest absolute Gasteiger partial charge is 0.497 e. The second-order valence-electron chi connectivity index (χ2n) is 12.8. The van der Waals surface area contributed by atoms with Crippen LogP contribution in [-0.2, 0) is 32.6 Å². The number of amides is 2. The molecule has 0 saturated heterocycles. The first-order valence-electron chi connectivity index (χ1n) is 17.2. The Kier molecular flexibility index (Phi) is 12.6. The molecule has 2 amide bonds. The van der Waals surface area contributed by atoms with Crippen LogP contribution >= 0.6 is 0 Å². The van der Waals surface area contributed by atoms with Crippen molar-refractivity contribution in [3.8, 4) is 17.2 Å². The topological polar surface area (TPSA) is 114 Å². The zero-order valence-corrected chi connectivity index (χ0v) is 30.5. The van der Waals surface area contributed by atoms with E-state index in [0.717, 1.165) is 53.1 Å². The lowest BCUT2D eigenvalue weighted by Crippen LogP contribution is -2.55. The van der Waals surface area contributed by atoms with Gasteiger partial charge in [-0.3, -0.25) is 13.9 Å². The summed E-state index contributed by atoms with van der Waals surface area (Å²) in [5.41, 5.74) is 2.59. The van der Waals surface area contributed by atoms with Crippen molar-refractivity contribution in [3.05, 3.63) is 114 Å². The number of nitrogens with one attached hydrogen (secondary N) is 1. The molecule has 4 aromatic rings. The quantitative estimate of drug-likeness (QED) is 0.154. The number of carbonyl (C=O) groups is 2. The van der Waals surface area contributed by atoms with Crippen LogP contribution in [0.4, 0.5) is 5.69 Å². The number of ether oxygens (including phenoxy) is 3. The van der Waals surface area contributed by atoms with Gasteiger partial charge in [0.1, 0.15) is 29.8 Å². The highest BCUT2D eigenvalue weighted by molar-refractivity contribution is 7.92. The van der Waals surface area contributed by atoms with Gasteiger partial charge in [0.2, 0.25) is 11.8 Å². The Bertz CT molecular complexity index is 1880. The third kappa shape index (κ3) is 9.40. The highest BCUT2D eigenvalue weighted by Gasteiger charge is 2.36. The molecule has 5 rings (SSSR count). The standard InChI is InChI=1S/C40H47N3O7S/c1-29-18-21-35(22-19-29)51(46,47)43(36-26-34(49-3)20-23-38(36)50-4)28-39(44)42(27-31-14-11-17-33(24-31)48-2)37(25-30-12-7-5-8-13-30)40(45)41-32-15-9-6-10-16-32/h5,7-8,11-14,17-24,26,32,37H,6,9-10,15-16,25,27-28H2,1-4H3,(H,41,45). The lowest BCUT2D eigenvalue weighted by molar-refractivity contribution is -0.140. The fourth-order valence-corrected chi connectivity index (χ4v) is 7.82. The molecule has 1 unspecified atom stereocenters. The fraction of sp³-hybridized carbons (Fsp3) is 0.350. The van der Waals surface area contributed by atoms with E-state index in [-0.39, 0.29) is 41.2 Å². The fourth-order valence-electron chi connectivity index (χ4n) is 6.41. The van der Waals surface area contributed by atoms with E-state index in [1.807, 2.05) is 55.5 Å². The van der Waals surface area contributed by atoms with Crippen molar-refractivity contribution in [2.45, 2.75) is 69.0 Å². The summed E-state index contributed by atoms with van der Waals surface area (Å²) in [6.07, 6.45) is 5.13. The molecule has 0 spiro atoms. The molecule has 0 bridgehead atoms. The van der Waals surface area contributed by atoms with Crippen LogP contribution in [0.5, 0.6) is 17.2 Å². The van der Waals surface area contributed by atoms with Crippen LogP contribution in [0, 0.1) is 6.92 Å². The average Bonchev–Trinajstić information content (AvgIpc) is 3.15. The van der Waals surface area contributed by atoms with Gasteiger partial charge < -0.3 is 24.4 Å². The molecule has 51 heavy (non-hydrogen) atoms. The van der Waals surface area contributed by atoms with Crippen LogP contribution in [0.3, 0.4) is 0 Å². The maximum atomic E-state index is 14.9. The van der Waals surface area contributed by atoms with Crippen molar-refractivity contribution >= 4 is 27.5 Å². The summed E-state index contributed by atoms with van der Waals surface area (Å²) in [6.45, 7) is 1.27. The average molecular weight is 714 g/mol. The SMILES string of the molecule is COc1cccc(CN(C(=O)CN(c2cc(OC)ccc2OC)S(=O)(=O)c2ccc(C)cc2)C(Cc2ccccc2)C(=O)NC2CCCCC2)c1. The Balaban J connectivity index is 1.62. The van der Waals surface area contributed by atoms with E-state index in [9.17, 15) is 18.0 Å². The first kappa shape index (κ1) is 37.2. The van der Waals surface area contributed by atoms with Crippen molar-refractivity contribution in [2.75, 3.05) is 32.2 Å². The van der Waals surface area contributed by atoms with E-state index in [0.29, 0.717) is 11.5 Å². The number of anilines is 1. The summed E-state index contributed by atoms with van der Waals surface area (Å²) in [4.78, 5) is 30.8. The predicted molar refractivity (Wildman–Crippen MR) is 198 cm³/mol. The van der Waals surface area contributed by atoms with Gasteiger partial charge in [-0.2, -0.15) is 0 Å². The molecule has 0 heterocycles. The molecular formula is C40H47N3O7S. The number of hydrogen-bond donors (Lipinski definition) is 1. The summed E-state index contributed by atoms with van der Waals surface area (Å²) in [5.74, 6) is 0.349. The number of hydrogen-bond acceptors (Lipinski definition) is 7. The highest BCUT2D eigenvalue weighted by Crippen LogP contribution is 2.36. The summed E-state index contributed by atoms with van der Waals surface area (Å²) in [5, 5.41) is 3.24. The lowest BCUT2D eigenvalue weighted by atomic mass is 9.94. The summed E-state index contributed by atoms with van der Waals surface area (Å²) >= 11 is 0. The Hall–Kier alpha value is -5.03. The van der Waals surface area contributed by atoms with Crippen LogP contribution < -0.4 is 23.8 Å². The number of methoxy groups -OCH3 is 3. The van der Waals surface area contributed by atoms with Crippen LogP contribution in [0.25, 0.3) is 0 Å². The molecule has 0 aliphatic heterocycles. The van der Waals surface area contributed by atoms with Gasteiger partial charge in [-0.1, -0.05) is 79.4 Å². The molecule has 1 N–H and O–H groups in total. The number of rotatable bonds is 15. The number of benzene rings is 4. The molecule has 11 heteroatoms. The molecule has 1 aliphatic rings. The van der Waals surface area contributed by atoms with Gasteiger partial charge >= 0.3 is 0 Å². The third-order valence-corrected chi connectivity index (χ3v) is 11.0. The molecule has 1 fully saturated rings. The summed E-state index contributed by atoms with van der Waals surface area (Å²) in [6, 6.07) is 27.1. The molecule has 1 aliphatic carbocycles. The molecule has 4 aromatic carbocycles. The van der Waals surface area contributed by atoms with Crippen LogP contribution in [0.2, 0.25) is 0 Å². The van der Waals surface area contributed by atoms with Crippen molar-refractivity contribution < 1.29 is 32.2 Å². The molecule has 0 aromatic heterocycles. The van der Waals surface area contributed by atoms with Gasteiger partial charge in [-0.15, -0.1) is 0 Å². The molecule has 270 valence electrons. The van der Waals surface area contributed by atoms with E-state index in [1.54, 1.807) is 37.4 Å². The minimum absolute atomic E-state index is 0.000922. The van der Waals surface area contributed by atoms with E-state index in [2.05, 4.69) is 5.32 Å². The maximum Gasteiger partial charge on any atom is 0.264 e. The molecule has 1 saturated carbocycles. The molecule has 1 atom stereocenters. The van der Waals surface area contributed by atoms with E-state index < -0.39 is 28.5 Å². The Morgan fingerprint density at radius 1 is 0.784 bits per heavy atom. The van der Waals surface area contributed by atoms with Crippen molar-refractivity contribution in [1.82, 2.24) is 10.2 Å². The van der Waals surface area contributed by atoms with Gasteiger partial charge in [0.25, 0.3) is 10.0 Å². The van der Waals surface area contributed by atoms with Crippen LogP contribution in [0.15, 0.2) is 102 Å². The Labute approximate surface area is 301 Å². The Morgan fingerprint density at radius 2 is 1.45 bits per heavy atom. The molecule has 0 radical (unpaired) electrons. The van der Waals surface area contributed by atoms with Gasteiger partial charge in [0.05, 0.1) is 31.9 Å². The van der Waals surface area contributed by atoms with Crippen molar-refractivity contribution in [2.24, 2.45) is 0 Å². The molecule has 10 nitrogen and oxygen atoms in total. The summed E-state index contributed by atoms with van der Waals surface area (Å²) < 4.78 is 46.7. The number of sulfonamides is 1. The van der Waals surface area contributed by atoms with E-state index in [1.165, 1.54) is 37.3 Å². The smallest absolute Gasteiger partial charge is 0.264 e. The van der Waals surface area contributed by atoms with Gasteiger partial charge in [-0.25, -0.2) is 8.42 Å². The Morgan fingerprint density at radius 3 is 2.12 bits per heavy atom. The zero-order valence-electron chi connectivity index (χ0n) is 29.7. The van der Waals surface area contributed by atoms with Crippen molar-refractivity contribution in [3.63, 3.8) is 0 Å². The summed E-state index contributed by atoms with van der Waals surface area (Å²) in [7, 11) is 0.136. The normalized spacial score (nSPS) is 13.9. The third-order valence-electron chi connectivity index (χ3n) is 9.25. The second-order valence-corrected chi connectivity index (χ2v) is 14.6. The first-order valence-corrected chi connectivity index (χ1v) is 18.6. The van der Waals surface area contributed by atoms with E-state index in [4.69, 9.17) is 14.2 Å².